The van der Waals surface area contributed by atoms with Gasteiger partial charge in [0.2, 0.25) is 0 Å². The van der Waals surface area contributed by atoms with E-state index in [1.54, 1.807) is 18.4 Å². The normalized spacial score (nSPS) is 15.1. The Bertz CT molecular complexity index is 898. The third-order valence-corrected chi connectivity index (χ3v) is 4.89. The van der Waals surface area contributed by atoms with E-state index in [1.165, 1.54) is 6.07 Å². The van der Waals surface area contributed by atoms with E-state index < -0.39 is 0 Å². The van der Waals surface area contributed by atoms with E-state index in [1.807, 2.05) is 47.4 Å². The predicted molar refractivity (Wildman–Crippen MR) is 102 cm³/mol. The summed E-state index contributed by atoms with van der Waals surface area (Å²) in [6.07, 6.45) is 1.64. The first-order chi connectivity index (χ1) is 13.2. The smallest absolute Gasteiger partial charge is 0.253 e. The first kappa shape index (κ1) is 17.5. The Morgan fingerprint density at radius 2 is 1.74 bits per heavy atom. The number of carbonyl (C=O) groups excluding carboxylic acids is 1. The maximum Gasteiger partial charge on any atom is 0.253 e. The maximum atomic E-state index is 13.3. The number of carbonyl (C=O) groups is 1. The first-order valence-corrected chi connectivity index (χ1v) is 9.09. The van der Waals surface area contributed by atoms with Gasteiger partial charge in [0, 0.05) is 43.9 Å². The van der Waals surface area contributed by atoms with Gasteiger partial charge in [-0.25, -0.2) is 4.39 Å². The van der Waals surface area contributed by atoms with Crippen molar-refractivity contribution in [1.29, 1.82) is 0 Å². The highest BCUT2D eigenvalue weighted by Crippen LogP contribution is 2.21. The minimum absolute atomic E-state index is 0.0476. The zero-order valence-electron chi connectivity index (χ0n) is 15.0. The quantitative estimate of drug-likeness (QED) is 0.701. The SMILES string of the molecule is O=C(c1ccc(-c2ccco2)cc1)N1CCN(Cc2cccc(F)c2)CC1. The second-order valence-electron chi connectivity index (χ2n) is 6.75. The molecule has 5 heteroatoms. The summed E-state index contributed by atoms with van der Waals surface area (Å²) in [5.41, 5.74) is 2.60. The van der Waals surface area contributed by atoms with Gasteiger partial charge in [-0.1, -0.05) is 24.3 Å². The number of halogens is 1. The van der Waals surface area contributed by atoms with Gasteiger partial charge in [0.05, 0.1) is 6.26 Å². The minimum atomic E-state index is -0.209. The Labute approximate surface area is 157 Å². The molecular weight excluding hydrogens is 343 g/mol. The molecule has 0 saturated carbocycles. The van der Waals surface area contributed by atoms with Crippen molar-refractivity contribution in [2.45, 2.75) is 6.54 Å². The number of hydrogen-bond donors (Lipinski definition) is 0. The fraction of sp³-hybridized carbons (Fsp3) is 0.227. The van der Waals surface area contributed by atoms with Crippen molar-refractivity contribution >= 4 is 5.91 Å². The Morgan fingerprint density at radius 1 is 0.963 bits per heavy atom. The molecule has 0 bridgehead atoms. The van der Waals surface area contributed by atoms with E-state index in [-0.39, 0.29) is 11.7 Å². The van der Waals surface area contributed by atoms with Crippen LogP contribution in [0, 0.1) is 5.82 Å². The molecule has 27 heavy (non-hydrogen) atoms. The molecule has 3 aromatic rings. The molecule has 1 aromatic heterocycles. The molecule has 1 fully saturated rings. The third kappa shape index (κ3) is 4.09. The average Bonchev–Trinajstić information content (AvgIpc) is 3.23. The summed E-state index contributed by atoms with van der Waals surface area (Å²) < 4.78 is 18.7. The molecule has 0 spiro atoms. The molecule has 0 radical (unpaired) electrons. The van der Waals surface area contributed by atoms with Gasteiger partial charge >= 0.3 is 0 Å². The minimum Gasteiger partial charge on any atom is -0.464 e. The largest absolute Gasteiger partial charge is 0.464 e. The van der Waals surface area contributed by atoms with Gasteiger partial charge in [-0.15, -0.1) is 0 Å². The summed E-state index contributed by atoms with van der Waals surface area (Å²) in [7, 11) is 0. The fourth-order valence-corrected chi connectivity index (χ4v) is 3.41. The molecule has 0 N–H and O–H groups in total. The topological polar surface area (TPSA) is 36.7 Å². The van der Waals surface area contributed by atoms with Crippen LogP contribution in [0.25, 0.3) is 11.3 Å². The van der Waals surface area contributed by atoms with Gasteiger partial charge in [0.1, 0.15) is 11.6 Å². The summed E-state index contributed by atoms with van der Waals surface area (Å²) >= 11 is 0. The predicted octanol–water partition coefficient (Wildman–Crippen LogP) is 4.04. The van der Waals surface area contributed by atoms with Crippen LogP contribution < -0.4 is 0 Å². The van der Waals surface area contributed by atoms with E-state index in [0.717, 1.165) is 30.0 Å². The highest BCUT2D eigenvalue weighted by atomic mass is 19.1. The molecule has 4 nitrogen and oxygen atoms in total. The number of furan rings is 1. The fourth-order valence-electron chi connectivity index (χ4n) is 3.41. The Balaban J connectivity index is 1.34. The zero-order chi connectivity index (χ0) is 18.6. The summed E-state index contributed by atoms with van der Waals surface area (Å²) in [6.45, 7) is 3.62. The van der Waals surface area contributed by atoms with Crippen molar-refractivity contribution in [2.75, 3.05) is 26.2 Å². The standard InChI is InChI=1S/C22H21FN2O2/c23-20-4-1-3-17(15-20)16-24-10-12-25(13-11-24)22(26)19-8-6-18(7-9-19)21-5-2-14-27-21/h1-9,14-15H,10-13,16H2. The second kappa shape index (κ2) is 7.76. The molecule has 0 atom stereocenters. The van der Waals surface area contributed by atoms with E-state index >= 15 is 0 Å². The lowest BCUT2D eigenvalue weighted by Gasteiger charge is -2.34. The number of hydrogen-bond acceptors (Lipinski definition) is 3. The van der Waals surface area contributed by atoms with E-state index in [9.17, 15) is 9.18 Å². The average molecular weight is 364 g/mol. The lowest BCUT2D eigenvalue weighted by Crippen LogP contribution is -2.48. The molecule has 1 aliphatic heterocycles. The summed E-state index contributed by atoms with van der Waals surface area (Å²) in [5.74, 6) is 0.630. The van der Waals surface area contributed by atoms with Crippen molar-refractivity contribution in [3.63, 3.8) is 0 Å². The summed E-state index contributed by atoms with van der Waals surface area (Å²) in [6, 6.07) is 17.9. The van der Waals surface area contributed by atoms with Gasteiger partial charge < -0.3 is 9.32 Å². The Hall–Kier alpha value is -2.92. The van der Waals surface area contributed by atoms with Crippen LogP contribution in [0.5, 0.6) is 0 Å². The van der Waals surface area contributed by atoms with Gasteiger partial charge in [-0.2, -0.15) is 0 Å². The summed E-state index contributed by atoms with van der Waals surface area (Å²) in [5, 5.41) is 0. The van der Waals surface area contributed by atoms with Gasteiger partial charge in [0.15, 0.2) is 0 Å². The number of benzene rings is 2. The van der Waals surface area contributed by atoms with Crippen LogP contribution in [0.2, 0.25) is 0 Å². The lowest BCUT2D eigenvalue weighted by molar-refractivity contribution is 0.0628. The molecule has 1 saturated heterocycles. The molecule has 0 aliphatic carbocycles. The van der Waals surface area contributed by atoms with E-state index in [2.05, 4.69) is 4.90 Å². The van der Waals surface area contributed by atoms with E-state index in [0.29, 0.717) is 25.2 Å². The van der Waals surface area contributed by atoms with Gasteiger partial charge in [-0.3, -0.25) is 9.69 Å². The van der Waals surface area contributed by atoms with Crippen molar-refractivity contribution in [2.24, 2.45) is 0 Å². The van der Waals surface area contributed by atoms with Gasteiger partial charge in [0.25, 0.3) is 5.91 Å². The second-order valence-corrected chi connectivity index (χ2v) is 6.75. The van der Waals surface area contributed by atoms with Crippen molar-refractivity contribution in [3.8, 4) is 11.3 Å². The zero-order valence-corrected chi connectivity index (χ0v) is 15.0. The molecule has 1 aliphatic rings. The third-order valence-electron chi connectivity index (χ3n) is 4.89. The number of nitrogens with zero attached hydrogens (tertiary/aromatic N) is 2. The Kier molecular flexibility index (Phi) is 5.03. The van der Waals surface area contributed by atoms with E-state index in [4.69, 9.17) is 4.42 Å². The van der Waals surface area contributed by atoms with Crippen LogP contribution in [0.15, 0.2) is 71.3 Å². The first-order valence-electron chi connectivity index (χ1n) is 9.09. The van der Waals surface area contributed by atoms with Crippen LogP contribution >= 0.6 is 0 Å². The molecule has 2 heterocycles. The van der Waals surface area contributed by atoms with Crippen LogP contribution in [-0.2, 0) is 6.54 Å². The lowest BCUT2D eigenvalue weighted by atomic mass is 10.1. The maximum absolute atomic E-state index is 13.3. The van der Waals surface area contributed by atoms with Crippen molar-refractivity contribution < 1.29 is 13.6 Å². The van der Waals surface area contributed by atoms with Crippen LogP contribution in [0.1, 0.15) is 15.9 Å². The van der Waals surface area contributed by atoms with Crippen molar-refractivity contribution in [3.05, 3.63) is 83.9 Å². The highest BCUT2D eigenvalue weighted by molar-refractivity contribution is 5.94. The number of rotatable bonds is 4. The highest BCUT2D eigenvalue weighted by Gasteiger charge is 2.22. The summed E-state index contributed by atoms with van der Waals surface area (Å²) in [4.78, 5) is 16.9. The van der Waals surface area contributed by atoms with Gasteiger partial charge in [-0.05, 0) is 42.0 Å². The molecule has 4 rings (SSSR count). The van der Waals surface area contributed by atoms with Crippen LogP contribution in [0.3, 0.4) is 0 Å². The Morgan fingerprint density at radius 3 is 2.41 bits per heavy atom. The molecule has 2 aromatic carbocycles. The molecule has 1 amide bonds. The molecular formula is C22H21FN2O2. The van der Waals surface area contributed by atoms with Crippen molar-refractivity contribution in [1.82, 2.24) is 9.80 Å². The number of piperazine rings is 1. The molecule has 138 valence electrons. The molecule has 0 unspecified atom stereocenters. The van der Waals surface area contributed by atoms with Crippen LogP contribution in [-0.4, -0.2) is 41.9 Å². The van der Waals surface area contributed by atoms with Crippen LogP contribution in [0.4, 0.5) is 4.39 Å². The monoisotopic (exact) mass is 364 g/mol. The number of amides is 1.